The van der Waals surface area contributed by atoms with Gasteiger partial charge in [0.2, 0.25) is 0 Å². The molecule has 0 spiro atoms. The fraction of sp³-hybridized carbons (Fsp3) is 0.302. The normalized spacial score (nSPS) is 14.6. The first-order chi connectivity index (χ1) is 27.4. The number of nitrogens with one attached hydrogen (secondary N) is 2. The average Bonchev–Trinajstić information content (AvgIpc) is 3.22. The Hall–Kier alpha value is -5.28. The molecule has 2 N–H and O–H groups in total. The summed E-state index contributed by atoms with van der Waals surface area (Å²) in [4.78, 5) is 34.0. The zero-order chi connectivity index (χ0) is 40.4. The largest absolute Gasteiger partial charge is 0.378 e. The number of anilines is 2. The van der Waals surface area contributed by atoms with Crippen molar-refractivity contribution in [2.75, 3.05) is 56.8 Å². The number of piperidine rings is 1. The first-order valence-electron chi connectivity index (χ1n) is 18.8. The molecule has 298 valence electrons. The molecule has 0 unspecified atom stereocenters. The molecule has 1 fully saturated rings. The number of carbonyl (C=O) groups is 1. The monoisotopic (exact) mass is 808 g/mol. The molecule has 5 aromatic rings. The minimum absolute atomic E-state index is 0.144. The maximum atomic E-state index is 13.4. The van der Waals surface area contributed by atoms with Gasteiger partial charge in [-0.3, -0.25) is 19.9 Å². The summed E-state index contributed by atoms with van der Waals surface area (Å²) in [6, 6.07) is 32.5. The molecule has 1 aliphatic rings. The number of hydrogen-bond acceptors (Lipinski definition) is 11. The second-order valence-corrected chi connectivity index (χ2v) is 17.2. The Labute approximate surface area is 338 Å². The molecule has 0 saturated carbocycles. The van der Waals surface area contributed by atoms with Gasteiger partial charge >= 0.3 is 0 Å². The predicted octanol–water partition coefficient (Wildman–Crippen LogP) is 7.53. The number of pyridine rings is 1. The smallest absolute Gasteiger partial charge is 0.293 e. The predicted molar refractivity (Wildman–Crippen MR) is 227 cm³/mol. The van der Waals surface area contributed by atoms with E-state index >= 15 is 0 Å². The topological polar surface area (TPSA) is 147 Å². The average molecular weight is 809 g/mol. The molecule has 1 saturated heterocycles. The van der Waals surface area contributed by atoms with E-state index in [1.165, 1.54) is 17.7 Å². The van der Waals surface area contributed by atoms with Crippen LogP contribution in [0.1, 0.15) is 35.2 Å². The molecule has 2 heterocycles. The zero-order valence-electron chi connectivity index (χ0n) is 32.3. The van der Waals surface area contributed by atoms with E-state index in [0.29, 0.717) is 12.2 Å². The van der Waals surface area contributed by atoms with Crippen molar-refractivity contribution >= 4 is 44.8 Å². The number of methoxy groups -OCH3 is 1. The first-order valence-corrected chi connectivity index (χ1v) is 21.3. The third-order valence-electron chi connectivity index (χ3n) is 10.3. The summed E-state index contributed by atoms with van der Waals surface area (Å²) in [5, 5.41) is 15.5. The third kappa shape index (κ3) is 10.8. The van der Waals surface area contributed by atoms with E-state index in [-0.39, 0.29) is 27.8 Å². The highest BCUT2D eigenvalue weighted by Gasteiger charge is 2.36. The van der Waals surface area contributed by atoms with Gasteiger partial charge < -0.3 is 19.9 Å². The molecule has 1 amide bonds. The number of nitro benzene ring substituents is 1. The van der Waals surface area contributed by atoms with Crippen LogP contribution in [0.15, 0.2) is 131 Å². The molecule has 57 heavy (non-hydrogen) atoms. The number of hydrogen-bond donors (Lipinski definition) is 2. The first kappa shape index (κ1) is 41.4. The lowest BCUT2D eigenvalue weighted by Gasteiger charge is -2.42. The van der Waals surface area contributed by atoms with Gasteiger partial charge in [-0.15, -0.1) is 11.8 Å². The van der Waals surface area contributed by atoms with Crippen molar-refractivity contribution in [3.05, 3.63) is 143 Å². The van der Waals surface area contributed by atoms with Gasteiger partial charge in [-0.25, -0.2) is 13.1 Å². The number of rotatable bonds is 17. The van der Waals surface area contributed by atoms with E-state index in [9.17, 15) is 23.3 Å². The van der Waals surface area contributed by atoms with Crippen LogP contribution < -0.4 is 14.9 Å². The van der Waals surface area contributed by atoms with Gasteiger partial charge in [0.15, 0.2) is 0 Å². The standard InChI is InChI=1S/C43H48N6O6S2/c1-47(2)25-21-35(31-56-37-12-5-4-6-13-37)45-40-20-19-38(28-41(40)49(51)52)57(53,54)46-42(50)32-15-17-36(18-16-32)48-26-22-43(55-3,23-27-48)29-33-10-7-8-14-39(33)34-11-9-24-44-30-34/h4-20,24,28,30,35,45H,21-23,25-27,29,31H2,1-3H3,(H,46,50)/t35-/m1/s1. The minimum Gasteiger partial charge on any atom is -0.378 e. The van der Waals surface area contributed by atoms with Crippen molar-refractivity contribution in [2.24, 2.45) is 0 Å². The summed E-state index contributed by atoms with van der Waals surface area (Å²) in [6.07, 6.45) is 6.67. The van der Waals surface area contributed by atoms with Gasteiger partial charge in [0.05, 0.1) is 15.4 Å². The summed E-state index contributed by atoms with van der Waals surface area (Å²) < 4.78 is 35.1. The van der Waals surface area contributed by atoms with E-state index in [1.54, 1.807) is 49.3 Å². The maximum Gasteiger partial charge on any atom is 0.293 e. The van der Waals surface area contributed by atoms with Gasteiger partial charge in [0.1, 0.15) is 5.69 Å². The van der Waals surface area contributed by atoms with Crippen LogP contribution >= 0.6 is 11.8 Å². The molecule has 14 heteroatoms. The molecule has 1 aromatic heterocycles. The summed E-state index contributed by atoms with van der Waals surface area (Å²) in [5.74, 6) is -0.199. The van der Waals surface area contributed by atoms with E-state index in [0.717, 1.165) is 66.7 Å². The van der Waals surface area contributed by atoms with Crippen molar-refractivity contribution in [3.8, 4) is 11.1 Å². The van der Waals surface area contributed by atoms with Crippen molar-refractivity contribution < 1.29 is 22.9 Å². The van der Waals surface area contributed by atoms with Crippen LogP contribution in [-0.2, 0) is 21.2 Å². The Kier molecular flexibility index (Phi) is 13.6. The molecular formula is C43H48N6O6S2. The Balaban J connectivity index is 1.08. The number of nitro groups is 1. The fourth-order valence-electron chi connectivity index (χ4n) is 7.01. The number of amides is 1. The van der Waals surface area contributed by atoms with Crippen LogP contribution in [0, 0.1) is 10.1 Å². The molecular weight excluding hydrogens is 761 g/mol. The van der Waals surface area contributed by atoms with Gasteiger partial charge in [-0.05, 0) is 106 Å². The Morgan fingerprint density at radius 3 is 2.37 bits per heavy atom. The quantitative estimate of drug-likeness (QED) is 0.0546. The third-order valence-corrected chi connectivity index (χ3v) is 12.8. The fourth-order valence-corrected chi connectivity index (χ4v) is 9.00. The summed E-state index contributed by atoms with van der Waals surface area (Å²) >= 11 is 1.63. The minimum atomic E-state index is -4.44. The van der Waals surface area contributed by atoms with Crippen molar-refractivity contribution in [1.82, 2.24) is 14.6 Å². The molecule has 1 atom stereocenters. The van der Waals surface area contributed by atoms with Crippen LogP contribution in [0.4, 0.5) is 17.1 Å². The van der Waals surface area contributed by atoms with E-state index in [1.807, 2.05) is 73.7 Å². The number of nitrogens with zero attached hydrogens (tertiary/aromatic N) is 4. The summed E-state index contributed by atoms with van der Waals surface area (Å²) in [6.45, 7) is 2.21. The Morgan fingerprint density at radius 1 is 0.982 bits per heavy atom. The lowest BCUT2D eigenvalue weighted by molar-refractivity contribution is -0.384. The van der Waals surface area contributed by atoms with E-state index < -0.39 is 26.5 Å². The van der Waals surface area contributed by atoms with Gasteiger partial charge in [-0.2, -0.15) is 0 Å². The van der Waals surface area contributed by atoms with Crippen molar-refractivity contribution in [2.45, 2.75) is 47.1 Å². The van der Waals surface area contributed by atoms with Crippen LogP contribution in [0.5, 0.6) is 0 Å². The molecule has 0 radical (unpaired) electrons. The number of benzene rings is 4. The summed E-state index contributed by atoms with van der Waals surface area (Å²) in [5.41, 5.74) is 3.91. The number of ether oxygens (including phenoxy) is 1. The van der Waals surface area contributed by atoms with E-state index in [2.05, 4.69) is 38.1 Å². The highest BCUT2D eigenvalue weighted by Crippen LogP contribution is 2.35. The lowest BCUT2D eigenvalue weighted by atomic mass is 9.82. The molecule has 0 bridgehead atoms. The second kappa shape index (κ2) is 18.8. The number of carbonyl (C=O) groups excluding carboxylic acids is 1. The van der Waals surface area contributed by atoms with Crippen LogP contribution in [0.3, 0.4) is 0 Å². The van der Waals surface area contributed by atoms with Crippen LogP contribution in [0.2, 0.25) is 0 Å². The van der Waals surface area contributed by atoms with E-state index in [4.69, 9.17) is 4.74 Å². The molecule has 4 aromatic carbocycles. The highest BCUT2D eigenvalue weighted by atomic mass is 32.2. The second-order valence-electron chi connectivity index (χ2n) is 14.4. The van der Waals surface area contributed by atoms with Crippen LogP contribution in [0.25, 0.3) is 11.1 Å². The zero-order valence-corrected chi connectivity index (χ0v) is 34.0. The lowest BCUT2D eigenvalue weighted by Crippen LogP contribution is -2.47. The number of sulfonamides is 1. The highest BCUT2D eigenvalue weighted by molar-refractivity contribution is 7.99. The van der Waals surface area contributed by atoms with Crippen molar-refractivity contribution in [1.29, 1.82) is 0 Å². The molecule has 0 aliphatic carbocycles. The Morgan fingerprint density at radius 2 is 1.70 bits per heavy atom. The van der Waals surface area contributed by atoms with Crippen molar-refractivity contribution in [3.63, 3.8) is 0 Å². The molecule has 12 nitrogen and oxygen atoms in total. The maximum absolute atomic E-state index is 13.4. The Bertz CT molecular complexity index is 2230. The SMILES string of the molecule is COC1(Cc2ccccc2-c2cccnc2)CCN(c2ccc(C(=O)NS(=O)(=O)c3ccc(N[C@H](CCN(C)C)CSc4ccccc4)c([N+](=O)[O-])c3)cc2)CC1. The van der Waals surface area contributed by atoms with Gasteiger partial charge in [-0.1, -0.05) is 48.5 Å². The number of thioether (sulfide) groups is 1. The number of aromatic nitrogens is 1. The van der Waals surface area contributed by atoms with Gasteiger partial charge in [0.25, 0.3) is 21.6 Å². The molecule has 1 aliphatic heterocycles. The summed E-state index contributed by atoms with van der Waals surface area (Å²) in [7, 11) is 1.24. The van der Waals surface area contributed by atoms with Crippen LogP contribution in [-0.4, -0.2) is 87.4 Å². The van der Waals surface area contributed by atoms with Gasteiger partial charge in [0, 0.05) is 78.6 Å². The molecule has 6 rings (SSSR count).